The van der Waals surface area contributed by atoms with Gasteiger partial charge in [-0.05, 0) is 11.6 Å². The monoisotopic (exact) mass is 212 g/mol. The second-order valence-electron chi connectivity index (χ2n) is 3.28. The smallest absolute Gasteiger partial charge is 0.159 e. The van der Waals surface area contributed by atoms with Gasteiger partial charge in [0.2, 0.25) is 0 Å². The third-order valence-corrected chi connectivity index (χ3v) is 2.15. The summed E-state index contributed by atoms with van der Waals surface area (Å²) in [6, 6.07) is 9.66. The molecule has 0 aliphatic carbocycles. The van der Waals surface area contributed by atoms with E-state index in [2.05, 4.69) is 9.97 Å². The zero-order valence-corrected chi connectivity index (χ0v) is 8.74. The lowest BCUT2D eigenvalue weighted by Crippen LogP contribution is -1.86. The Hall–Kier alpha value is -2.00. The predicted molar refractivity (Wildman–Crippen MR) is 63.6 cm³/mol. The van der Waals surface area contributed by atoms with Gasteiger partial charge in [0, 0.05) is 18.0 Å². The fourth-order valence-electron chi connectivity index (χ4n) is 1.38. The van der Waals surface area contributed by atoms with Gasteiger partial charge in [0.15, 0.2) is 5.82 Å². The average Bonchev–Trinajstić information content (AvgIpc) is 2.38. The number of aliphatic hydroxyl groups is 1. The molecule has 0 spiro atoms. The Bertz CT molecular complexity index is 463. The lowest BCUT2D eigenvalue weighted by atomic mass is 10.1. The minimum absolute atomic E-state index is 0.0591. The molecule has 1 heterocycles. The minimum atomic E-state index is 0.0591. The maximum atomic E-state index is 8.65. The van der Waals surface area contributed by atoms with Crippen LogP contribution in [0.2, 0.25) is 0 Å². The number of hydrogen-bond donors (Lipinski definition) is 1. The van der Waals surface area contributed by atoms with Crippen LogP contribution >= 0.6 is 0 Å². The van der Waals surface area contributed by atoms with Crippen molar-refractivity contribution in [2.45, 2.75) is 0 Å². The molecule has 0 bridgehead atoms. The molecule has 3 nitrogen and oxygen atoms in total. The molecule has 0 amide bonds. The molecule has 1 aromatic carbocycles. The van der Waals surface area contributed by atoms with E-state index in [9.17, 15) is 0 Å². The summed E-state index contributed by atoms with van der Waals surface area (Å²) in [5.74, 6) is 0.722. The number of aromatic nitrogens is 2. The quantitative estimate of drug-likeness (QED) is 0.847. The fraction of sp³-hybridized carbons (Fsp3) is 0.0769. The molecule has 0 fully saturated rings. The van der Waals surface area contributed by atoms with Crippen LogP contribution in [0.4, 0.5) is 0 Å². The highest BCUT2D eigenvalue weighted by Gasteiger charge is 1.98. The summed E-state index contributed by atoms with van der Waals surface area (Å²) in [5.41, 5.74) is 2.04. The first-order chi connectivity index (χ1) is 7.90. The van der Waals surface area contributed by atoms with E-state index in [-0.39, 0.29) is 6.61 Å². The van der Waals surface area contributed by atoms with Crippen LogP contribution in [0.1, 0.15) is 5.56 Å². The summed E-state index contributed by atoms with van der Waals surface area (Å²) < 4.78 is 0. The molecule has 0 aliphatic rings. The summed E-state index contributed by atoms with van der Waals surface area (Å²) in [6.45, 7) is 0.0591. The molecule has 1 aromatic heterocycles. The van der Waals surface area contributed by atoms with E-state index in [1.165, 1.54) is 0 Å². The van der Waals surface area contributed by atoms with Crippen LogP contribution in [0.3, 0.4) is 0 Å². The van der Waals surface area contributed by atoms with Gasteiger partial charge in [-0.3, -0.25) is 0 Å². The van der Waals surface area contributed by atoms with Crippen LogP contribution in [0.25, 0.3) is 17.5 Å². The molecule has 16 heavy (non-hydrogen) atoms. The molecule has 0 unspecified atom stereocenters. The molecule has 2 rings (SSSR count). The zero-order valence-electron chi connectivity index (χ0n) is 8.74. The molecule has 0 aliphatic heterocycles. The number of benzene rings is 1. The Morgan fingerprint density at radius 3 is 2.38 bits per heavy atom. The van der Waals surface area contributed by atoms with Crippen molar-refractivity contribution in [1.29, 1.82) is 0 Å². The maximum absolute atomic E-state index is 8.65. The molecule has 0 atom stereocenters. The number of nitrogens with zero attached hydrogens (tertiary/aromatic N) is 2. The first-order valence-electron chi connectivity index (χ1n) is 5.05. The van der Waals surface area contributed by atoms with Crippen molar-refractivity contribution < 1.29 is 5.11 Å². The van der Waals surface area contributed by atoms with Crippen LogP contribution in [0.5, 0.6) is 0 Å². The molecule has 0 saturated heterocycles. The van der Waals surface area contributed by atoms with Crippen molar-refractivity contribution in [1.82, 2.24) is 9.97 Å². The van der Waals surface area contributed by atoms with Gasteiger partial charge < -0.3 is 5.11 Å². The Labute approximate surface area is 94.1 Å². The summed E-state index contributed by atoms with van der Waals surface area (Å²) in [6.07, 6.45) is 7.02. The zero-order chi connectivity index (χ0) is 11.2. The van der Waals surface area contributed by atoms with Crippen LogP contribution in [0.15, 0.2) is 48.8 Å². The van der Waals surface area contributed by atoms with E-state index in [0.29, 0.717) is 0 Å². The van der Waals surface area contributed by atoms with Gasteiger partial charge in [0.1, 0.15) is 0 Å². The average molecular weight is 212 g/mol. The van der Waals surface area contributed by atoms with Gasteiger partial charge in [0.25, 0.3) is 0 Å². The lowest BCUT2D eigenvalue weighted by molar-refractivity contribution is 0.343. The van der Waals surface area contributed by atoms with Crippen LogP contribution < -0.4 is 0 Å². The van der Waals surface area contributed by atoms with Gasteiger partial charge in [0.05, 0.1) is 6.61 Å². The van der Waals surface area contributed by atoms with Crippen LogP contribution in [-0.2, 0) is 0 Å². The maximum Gasteiger partial charge on any atom is 0.159 e. The Balaban J connectivity index is 2.23. The first kappa shape index (κ1) is 10.5. The van der Waals surface area contributed by atoms with E-state index in [4.69, 9.17) is 5.11 Å². The third kappa shape index (κ3) is 2.52. The molecule has 1 N–H and O–H groups in total. The van der Waals surface area contributed by atoms with Crippen molar-refractivity contribution in [3.8, 4) is 11.4 Å². The van der Waals surface area contributed by atoms with Crippen LogP contribution in [-0.4, -0.2) is 21.7 Å². The predicted octanol–water partition coefficient (Wildman–Crippen LogP) is 2.15. The summed E-state index contributed by atoms with van der Waals surface area (Å²) in [4.78, 5) is 8.34. The third-order valence-electron chi connectivity index (χ3n) is 2.15. The van der Waals surface area contributed by atoms with Gasteiger partial charge in [-0.25, -0.2) is 9.97 Å². The molecule has 0 radical (unpaired) electrons. The van der Waals surface area contributed by atoms with E-state index in [1.54, 1.807) is 24.5 Å². The highest BCUT2D eigenvalue weighted by atomic mass is 16.2. The highest BCUT2D eigenvalue weighted by Crippen LogP contribution is 2.15. The van der Waals surface area contributed by atoms with Crippen molar-refractivity contribution in [3.63, 3.8) is 0 Å². The normalized spacial score (nSPS) is 10.8. The van der Waals surface area contributed by atoms with Gasteiger partial charge in [-0.15, -0.1) is 0 Å². The fourth-order valence-corrected chi connectivity index (χ4v) is 1.38. The Morgan fingerprint density at radius 2 is 1.75 bits per heavy atom. The lowest BCUT2D eigenvalue weighted by Gasteiger charge is -1.99. The van der Waals surface area contributed by atoms with Gasteiger partial charge in [-0.2, -0.15) is 0 Å². The standard InChI is InChI=1S/C13H12N2O/c16-10-1-3-11-4-6-12(7-5-11)13-14-8-2-9-15-13/h1-9,16H,10H2. The summed E-state index contributed by atoms with van der Waals surface area (Å²) >= 11 is 0. The van der Waals surface area contributed by atoms with Gasteiger partial charge >= 0.3 is 0 Å². The minimum Gasteiger partial charge on any atom is -0.392 e. The van der Waals surface area contributed by atoms with E-state index >= 15 is 0 Å². The van der Waals surface area contributed by atoms with Crippen molar-refractivity contribution in [3.05, 3.63) is 54.4 Å². The highest BCUT2D eigenvalue weighted by molar-refractivity contribution is 5.59. The van der Waals surface area contributed by atoms with Gasteiger partial charge in [-0.1, -0.05) is 36.4 Å². The van der Waals surface area contributed by atoms with Crippen molar-refractivity contribution >= 4 is 6.08 Å². The molecule has 2 aromatic rings. The van der Waals surface area contributed by atoms with Crippen LogP contribution in [0, 0.1) is 0 Å². The second kappa shape index (κ2) is 5.19. The second-order valence-corrected chi connectivity index (χ2v) is 3.28. The first-order valence-corrected chi connectivity index (χ1v) is 5.05. The largest absolute Gasteiger partial charge is 0.392 e. The molecule has 3 heteroatoms. The van der Waals surface area contributed by atoms with Crippen molar-refractivity contribution in [2.75, 3.05) is 6.61 Å². The van der Waals surface area contributed by atoms with Crippen molar-refractivity contribution in [2.24, 2.45) is 0 Å². The summed E-state index contributed by atoms with van der Waals surface area (Å²) in [5, 5.41) is 8.65. The topological polar surface area (TPSA) is 46.0 Å². The van der Waals surface area contributed by atoms with E-state index < -0.39 is 0 Å². The number of aliphatic hydroxyl groups excluding tert-OH is 1. The Kier molecular flexibility index (Phi) is 3.41. The SMILES string of the molecule is OCC=Cc1ccc(-c2ncccn2)cc1. The van der Waals surface area contributed by atoms with E-state index in [0.717, 1.165) is 17.0 Å². The molecular formula is C13H12N2O. The molecular weight excluding hydrogens is 200 g/mol. The van der Waals surface area contributed by atoms with E-state index in [1.807, 2.05) is 30.3 Å². The summed E-state index contributed by atoms with van der Waals surface area (Å²) in [7, 11) is 0. The molecule has 80 valence electrons. The molecule has 0 saturated carbocycles. The number of hydrogen-bond acceptors (Lipinski definition) is 3. The number of rotatable bonds is 3. The Morgan fingerprint density at radius 1 is 1.06 bits per heavy atom.